The molecule has 1 aromatic heterocycles. The number of methoxy groups -OCH3 is 1. The minimum atomic E-state index is -0.0342. The molecule has 0 aromatic carbocycles. The van der Waals surface area contributed by atoms with E-state index in [2.05, 4.69) is 36.3 Å². The van der Waals surface area contributed by atoms with Gasteiger partial charge < -0.3 is 10.1 Å². The summed E-state index contributed by atoms with van der Waals surface area (Å²) in [6, 6.07) is 4.55. The summed E-state index contributed by atoms with van der Waals surface area (Å²) in [5, 5.41) is 3.49. The van der Waals surface area contributed by atoms with Crippen LogP contribution in [-0.2, 0) is 11.2 Å². The van der Waals surface area contributed by atoms with Crippen LogP contribution in [0.1, 0.15) is 45.1 Å². The summed E-state index contributed by atoms with van der Waals surface area (Å²) in [4.78, 5) is 4.10. The van der Waals surface area contributed by atoms with E-state index in [-0.39, 0.29) is 5.60 Å². The molecule has 0 saturated heterocycles. The van der Waals surface area contributed by atoms with Gasteiger partial charge in [-0.25, -0.2) is 0 Å². The van der Waals surface area contributed by atoms with Gasteiger partial charge in [0.05, 0.1) is 5.60 Å². The fraction of sp³-hybridized carbons (Fsp3) is 0.706. The van der Waals surface area contributed by atoms with Gasteiger partial charge in [-0.15, -0.1) is 0 Å². The van der Waals surface area contributed by atoms with Crippen molar-refractivity contribution in [2.75, 3.05) is 14.2 Å². The lowest BCUT2D eigenvalue weighted by atomic mass is 9.67. The van der Waals surface area contributed by atoms with Crippen molar-refractivity contribution < 1.29 is 4.74 Å². The molecule has 1 fully saturated rings. The Kier molecular flexibility index (Phi) is 4.82. The van der Waals surface area contributed by atoms with E-state index in [4.69, 9.17) is 4.74 Å². The summed E-state index contributed by atoms with van der Waals surface area (Å²) >= 11 is 0. The molecular weight excluding hydrogens is 248 g/mol. The number of likely N-dealkylation sites (N-methyl/N-ethyl adjacent to an activating group) is 1. The second-order valence-electron chi connectivity index (χ2n) is 6.83. The average Bonchev–Trinajstić information content (AvgIpc) is 2.47. The third-order valence-corrected chi connectivity index (χ3v) is 5.03. The third-order valence-electron chi connectivity index (χ3n) is 5.03. The number of ether oxygens (including phenoxy) is 1. The number of nitrogens with zero attached hydrogens (tertiary/aromatic N) is 1. The lowest BCUT2D eigenvalue weighted by Gasteiger charge is -2.47. The van der Waals surface area contributed by atoms with Crippen LogP contribution in [0, 0.1) is 5.41 Å². The highest BCUT2D eigenvalue weighted by atomic mass is 16.5. The number of pyridine rings is 1. The molecule has 0 aliphatic heterocycles. The van der Waals surface area contributed by atoms with Gasteiger partial charge in [0.2, 0.25) is 0 Å². The van der Waals surface area contributed by atoms with Crippen LogP contribution in [0.5, 0.6) is 0 Å². The second kappa shape index (κ2) is 6.23. The Hall–Kier alpha value is -0.930. The van der Waals surface area contributed by atoms with E-state index in [9.17, 15) is 0 Å². The molecule has 0 amide bonds. The Morgan fingerprint density at radius 2 is 1.80 bits per heavy atom. The lowest BCUT2D eigenvalue weighted by Crippen LogP contribution is -2.54. The molecule has 1 heterocycles. The van der Waals surface area contributed by atoms with E-state index in [0.29, 0.717) is 11.5 Å². The number of hydrogen-bond acceptors (Lipinski definition) is 3. The summed E-state index contributed by atoms with van der Waals surface area (Å²) in [6.45, 7) is 4.73. The highest BCUT2D eigenvalue weighted by Crippen LogP contribution is 2.43. The summed E-state index contributed by atoms with van der Waals surface area (Å²) in [5.41, 5.74) is 1.74. The highest BCUT2D eigenvalue weighted by molar-refractivity contribution is 5.14. The first-order valence-electron chi connectivity index (χ1n) is 7.63. The van der Waals surface area contributed by atoms with Crippen molar-refractivity contribution in [3.63, 3.8) is 0 Å². The standard InChI is InChI=1S/C17H28N2O/c1-16(2)7-9-17(20-4,10-8-16)15(18-3)13-14-5-11-19-12-6-14/h5-6,11-12,15,18H,7-10,13H2,1-4H3. The van der Waals surface area contributed by atoms with Crippen LogP contribution in [0.15, 0.2) is 24.5 Å². The van der Waals surface area contributed by atoms with E-state index < -0.39 is 0 Å². The smallest absolute Gasteiger partial charge is 0.0834 e. The SMILES string of the molecule is CNC(Cc1ccncc1)C1(OC)CCC(C)(C)CC1. The van der Waals surface area contributed by atoms with E-state index >= 15 is 0 Å². The number of aromatic nitrogens is 1. The van der Waals surface area contributed by atoms with Gasteiger partial charge in [0, 0.05) is 25.5 Å². The molecule has 0 spiro atoms. The summed E-state index contributed by atoms with van der Waals surface area (Å²) < 4.78 is 6.02. The number of hydrogen-bond donors (Lipinski definition) is 1. The first-order valence-corrected chi connectivity index (χ1v) is 7.63. The third kappa shape index (κ3) is 3.39. The van der Waals surface area contributed by atoms with Crippen molar-refractivity contribution in [2.24, 2.45) is 5.41 Å². The maximum Gasteiger partial charge on any atom is 0.0834 e. The van der Waals surface area contributed by atoms with Crippen molar-refractivity contribution in [2.45, 2.75) is 57.6 Å². The largest absolute Gasteiger partial charge is 0.377 e. The Bertz CT molecular complexity index is 406. The first-order chi connectivity index (χ1) is 9.51. The Morgan fingerprint density at radius 1 is 1.20 bits per heavy atom. The zero-order valence-electron chi connectivity index (χ0n) is 13.3. The molecule has 1 atom stereocenters. The molecule has 3 nitrogen and oxygen atoms in total. The molecule has 0 radical (unpaired) electrons. The summed E-state index contributed by atoms with van der Waals surface area (Å²) in [6.07, 6.45) is 9.45. The second-order valence-corrected chi connectivity index (χ2v) is 6.83. The molecule has 20 heavy (non-hydrogen) atoms. The van der Waals surface area contributed by atoms with Gasteiger partial charge in [0.15, 0.2) is 0 Å². The van der Waals surface area contributed by atoms with Gasteiger partial charge in [-0.2, -0.15) is 0 Å². The fourth-order valence-corrected chi connectivity index (χ4v) is 3.35. The molecule has 1 aromatic rings. The molecule has 1 unspecified atom stereocenters. The molecule has 112 valence electrons. The predicted octanol–water partition coefficient (Wildman–Crippen LogP) is 3.20. The van der Waals surface area contributed by atoms with Gasteiger partial charge in [-0.1, -0.05) is 13.8 Å². The van der Waals surface area contributed by atoms with E-state index in [1.165, 1.54) is 18.4 Å². The van der Waals surface area contributed by atoms with Crippen LogP contribution in [0.2, 0.25) is 0 Å². The average molecular weight is 276 g/mol. The number of rotatable bonds is 5. The molecule has 2 rings (SSSR count). The first kappa shape index (κ1) is 15.5. The molecule has 1 N–H and O–H groups in total. The van der Waals surface area contributed by atoms with Crippen LogP contribution >= 0.6 is 0 Å². The van der Waals surface area contributed by atoms with Gasteiger partial charge in [-0.3, -0.25) is 4.98 Å². The lowest BCUT2D eigenvalue weighted by molar-refractivity contribution is -0.0847. The number of nitrogens with one attached hydrogen (secondary N) is 1. The summed E-state index contributed by atoms with van der Waals surface area (Å²) in [7, 11) is 3.92. The molecule has 1 aliphatic rings. The van der Waals surface area contributed by atoms with Crippen molar-refractivity contribution in [1.29, 1.82) is 0 Å². The Morgan fingerprint density at radius 3 is 2.30 bits per heavy atom. The fourth-order valence-electron chi connectivity index (χ4n) is 3.35. The zero-order chi connectivity index (χ0) is 14.6. The molecule has 0 bridgehead atoms. The van der Waals surface area contributed by atoms with Crippen LogP contribution in [-0.4, -0.2) is 30.8 Å². The highest BCUT2D eigenvalue weighted by Gasteiger charge is 2.43. The molecule has 3 heteroatoms. The maximum absolute atomic E-state index is 6.02. The van der Waals surface area contributed by atoms with Gasteiger partial charge in [0.1, 0.15) is 0 Å². The molecular formula is C17H28N2O. The summed E-state index contributed by atoms with van der Waals surface area (Å²) in [5.74, 6) is 0. The molecule has 1 saturated carbocycles. The normalized spacial score (nSPS) is 22.4. The van der Waals surface area contributed by atoms with Gasteiger partial charge >= 0.3 is 0 Å². The van der Waals surface area contributed by atoms with Crippen molar-refractivity contribution in [3.8, 4) is 0 Å². The van der Waals surface area contributed by atoms with Crippen LogP contribution in [0.3, 0.4) is 0 Å². The monoisotopic (exact) mass is 276 g/mol. The van der Waals surface area contributed by atoms with Gasteiger partial charge in [-0.05, 0) is 62.3 Å². The Balaban J connectivity index is 2.12. The van der Waals surface area contributed by atoms with E-state index in [1.54, 1.807) is 0 Å². The van der Waals surface area contributed by atoms with Crippen molar-refractivity contribution in [3.05, 3.63) is 30.1 Å². The Labute approximate surface area is 123 Å². The van der Waals surface area contributed by atoms with E-state index in [1.807, 2.05) is 26.6 Å². The maximum atomic E-state index is 6.02. The van der Waals surface area contributed by atoms with Crippen LogP contribution < -0.4 is 5.32 Å². The van der Waals surface area contributed by atoms with Crippen molar-refractivity contribution >= 4 is 0 Å². The minimum absolute atomic E-state index is 0.0342. The van der Waals surface area contributed by atoms with Gasteiger partial charge in [0.25, 0.3) is 0 Å². The predicted molar refractivity (Wildman–Crippen MR) is 82.8 cm³/mol. The van der Waals surface area contributed by atoms with Crippen LogP contribution in [0.4, 0.5) is 0 Å². The van der Waals surface area contributed by atoms with Crippen molar-refractivity contribution in [1.82, 2.24) is 10.3 Å². The molecule has 1 aliphatic carbocycles. The van der Waals surface area contributed by atoms with E-state index in [0.717, 1.165) is 19.3 Å². The van der Waals surface area contributed by atoms with Crippen LogP contribution in [0.25, 0.3) is 0 Å². The topological polar surface area (TPSA) is 34.2 Å². The quantitative estimate of drug-likeness (QED) is 0.897. The minimum Gasteiger partial charge on any atom is -0.377 e. The zero-order valence-corrected chi connectivity index (χ0v) is 13.3.